The molecule has 3 rings (SSSR count). The average Bonchev–Trinajstić information content (AvgIpc) is 3.05. The first kappa shape index (κ1) is 22.6. The van der Waals surface area contributed by atoms with E-state index in [-0.39, 0.29) is 10.9 Å². The van der Waals surface area contributed by atoms with Crippen molar-refractivity contribution >= 4 is 40.1 Å². The third kappa shape index (κ3) is 5.13. The fourth-order valence-electron chi connectivity index (χ4n) is 3.53. The van der Waals surface area contributed by atoms with Crippen molar-refractivity contribution in [3.05, 3.63) is 63.6 Å². The van der Waals surface area contributed by atoms with Gasteiger partial charge in [0.05, 0.1) is 22.6 Å². The van der Waals surface area contributed by atoms with Gasteiger partial charge >= 0.3 is 0 Å². The van der Waals surface area contributed by atoms with E-state index in [2.05, 4.69) is 18.4 Å². The van der Waals surface area contributed by atoms with Gasteiger partial charge in [0, 0.05) is 23.7 Å². The lowest BCUT2D eigenvalue weighted by Crippen LogP contribution is -2.32. The molecule has 0 N–H and O–H groups in total. The highest BCUT2D eigenvalue weighted by Crippen LogP contribution is 2.23. The van der Waals surface area contributed by atoms with Crippen molar-refractivity contribution < 1.29 is 9.18 Å². The van der Waals surface area contributed by atoms with Crippen LogP contribution in [0.25, 0.3) is 11.0 Å². The normalized spacial score (nSPS) is 11.2. The van der Waals surface area contributed by atoms with E-state index < -0.39 is 5.82 Å². The maximum atomic E-state index is 13.6. The molecule has 1 heterocycles. The third-order valence-electron chi connectivity index (χ3n) is 5.05. The molecular formula is C23H26Cl2FN3O. The summed E-state index contributed by atoms with van der Waals surface area (Å²) in [7, 11) is 0. The number of halogens is 3. The molecule has 4 nitrogen and oxygen atoms in total. The van der Waals surface area contributed by atoms with E-state index in [4.69, 9.17) is 28.2 Å². The van der Waals surface area contributed by atoms with Crippen LogP contribution in [-0.2, 0) is 13.1 Å². The van der Waals surface area contributed by atoms with Gasteiger partial charge < -0.3 is 9.47 Å². The molecule has 1 amide bonds. The van der Waals surface area contributed by atoms with Crippen LogP contribution >= 0.6 is 23.2 Å². The number of carbonyl (C=O) groups excluding carboxylic acids is 1. The van der Waals surface area contributed by atoms with Gasteiger partial charge in [0.15, 0.2) is 0 Å². The van der Waals surface area contributed by atoms with E-state index >= 15 is 0 Å². The Morgan fingerprint density at radius 2 is 1.90 bits per heavy atom. The molecule has 0 saturated carbocycles. The van der Waals surface area contributed by atoms with Crippen molar-refractivity contribution in [2.24, 2.45) is 0 Å². The molecule has 1 aromatic heterocycles. The molecule has 7 heteroatoms. The Morgan fingerprint density at radius 3 is 2.60 bits per heavy atom. The fraction of sp³-hybridized carbons (Fsp3) is 0.391. The van der Waals surface area contributed by atoms with Gasteiger partial charge in [-0.25, -0.2) is 9.37 Å². The summed E-state index contributed by atoms with van der Waals surface area (Å²) < 4.78 is 15.7. The van der Waals surface area contributed by atoms with Gasteiger partial charge in [0.25, 0.3) is 5.91 Å². The summed E-state index contributed by atoms with van der Waals surface area (Å²) in [5.41, 5.74) is 2.19. The van der Waals surface area contributed by atoms with Gasteiger partial charge in [-0.3, -0.25) is 4.79 Å². The van der Waals surface area contributed by atoms with Crippen LogP contribution in [0.3, 0.4) is 0 Å². The highest BCUT2D eigenvalue weighted by atomic mass is 35.5. The largest absolute Gasteiger partial charge is 0.331 e. The van der Waals surface area contributed by atoms with Gasteiger partial charge in [0.1, 0.15) is 11.6 Å². The van der Waals surface area contributed by atoms with Crippen LogP contribution in [0.15, 0.2) is 36.4 Å². The summed E-state index contributed by atoms with van der Waals surface area (Å²) >= 11 is 12.1. The highest BCUT2D eigenvalue weighted by Gasteiger charge is 2.21. The van der Waals surface area contributed by atoms with Crippen molar-refractivity contribution in [3.8, 4) is 0 Å². The number of hydrogen-bond acceptors (Lipinski definition) is 2. The second-order valence-electron chi connectivity index (χ2n) is 7.38. The Labute approximate surface area is 186 Å². The summed E-state index contributed by atoms with van der Waals surface area (Å²) in [5, 5.41) is 0.602. The van der Waals surface area contributed by atoms with Crippen LogP contribution in [-0.4, -0.2) is 26.9 Å². The first-order valence-corrected chi connectivity index (χ1v) is 11.1. The summed E-state index contributed by atoms with van der Waals surface area (Å²) in [6.07, 6.45) is 3.89. The maximum absolute atomic E-state index is 13.6. The monoisotopic (exact) mass is 449 g/mol. The summed E-state index contributed by atoms with van der Waals surface area (Å²) in [6.45, 7) is 5.97. The van der Waals surface area contributed by atoms with Crippen molar-refractivity contribution in [2.75, 3.05) is 6.54 Å². The van der Waals surface area contributed by atoms with E-state index in [0.29, 0.717) is 23.7 Å². The number of aromatic nitrogens is 2. The number of carbonyl (C=O) groups is 1. The smallest absolute Gasteiger partial charge is 0.254 e. The molecule has 0 fully saturated rings. The van der Waals surface area contributed by atoms with Crippen LogP contribution in [0.4, 0.5) is 4.39 Å². The van der Waals surface area contributed by atoms with Crippen LogP contribution in [0.5, 0.6) is 0 Å². The fourth-order valence-corrected chi connectivity index (χ4v) is 3.87. The zero-order valence-electron chi connectivity index (χ0n) is 17.3. The topological polar surface area (TPSA) is 38.1 Å². The Kier molecular flexibility index (Phi) is 7.73. The minimum absolute atomic E-state index is 0.0535. The lowest BCUT2D eigenvalue weighted by molar-refractivity contribution is 0.0734. The van der Waals surface area contributed by atoms with E-state index in [1.165, 1.54) is 18.2 Å². The number of aryl methyl sites for hydroxylation is 1. The zero-order valence-corrected chi connectivity index (χ0v) is 18.8. The molecular weight excluding hydrogens is 424 g/mol. The number of amides is 1. The van der Waals surface area contributed by atoms with Crippen LogP contribution < -0.4 is 0 Å². The Bertz CT molecular complexity index is 1030. The molecule has 0 aliphatic heterocycles. The number of hydrogen-bond donors (Lipinski definition) is 0. The van der Waals surface area contributed by atoms with Gasteiger partial charge in [-0.1, -0.05) is 49.9 Å². The van der Waals surface area contributed by atoms with Gasteiger partial charge in [-0.15, -0.1) is 0 Å². The molecule has 0 saturated heterocycles. The average molecular weight is 450 g/mol. The van der Waals surface area contributed by atoms with Crippen LogP contribution in [0, 0.1) is 5.82 Å². The van der Waals surface area contributed by atoms with Crippen molar-refractivity contribution in [3.63, 3.8) is 0 Å². The summed E-state index contributed by atoms with van der Waals surface area (Å²) in [4.78, 5) is 19.8. The molecule has 160 valence electrons. The van der Waals surface area contributed by atoms with E-state index in [9.17, 15) is 9.18 Å². The lowest BCUT2D eigenvalue weighted by atomic mass is 10.1. The predicted molar refractivity (Wildman–Crippen MR) is 121 cm³/mol. The summed E-state index contributed by atoms with van der Waals surface area (Å²) in [6, 6.07) is 9.73. The molecule has 0 spiro atoms. The molecule has 0 unspecified atom stereocenters. The molecule has 0 radical (unpaired) electrons. The van der Waals surface area contributed by atoms with Gasteiger partial charge in [-0.05, 0) is 49.2 Å². The molecule has 0 aliphatic carbocycles. The Hall–Kier alpha value is -2.11. The van der Waals surface area contributed by atoms with Crippen LogP contribution in [0.2, 0.25) is 10.0 Å². The maximum Gasteiger partial charge on any atom is 0.254 e. The number of unbranched alkanes of at least 4 members (excludes halogenated alkanes) is 2. The SMILES string of the molecule is CCCCCN(Cc1nc2ccc(Cl)cc2n1CCC)C(=O)c1ccc(F)c(Cl)c1. The molecule has 0 atom stereocenters. The number of nitrogens with zero attached hydrogens (tertiary/aromatic N) is 3. The van der Waals surface area contributed by atoms with Crippen molar-refractivity contribution in [2.45, 2.75) is 52.6 Å². The summed E-state index contributed by atoms with van der Waals surface area (Å²) in [5.74, 6) is 0.0979. The zero-order chi connectivity index (χ0) is 21.7. The number of fused-ring (bicyclic) bond motifs is 1. The third-order valence-corrected chi connectivity index (χ3v) is 5.58. The molecule has 0 bridgehead atoms. The van der Waals surface area contributed by atoms with E-state index in [0.717, 1.165) is 49.1 Å². The standard InChI is InChI=1S/C23H26Cl2FN3O/c1-3-5-6-12-28(23(30)16-7-9-19(26)18(25)13-16)15-22-27-20-10-8-17(24)14-21(20)29(22)11-4-2/h7-10,13-14H,3-6,11-12,15H2,1-2H3. The second-order valence-corrected chi connectivity index (χ2v) is 8.22. The molecule has 2 aromatic carbocycles. The molecule has 3 aromatic rings. The van der Waals surface area contributed by atoms with E-state index in [1.807, 2.05) is 18.2 Å². The first-order valence-electron chi connectivity index (χ1n) is 10.3. The Morgan fingerprint density at radius 1 is 1.10 bits per heavy atom. The van der Waals surface area contributed by atoms with Crippen molar-refractivity contribution in [1.82, 2.24) is 14.5 Å². The highest BCUT2D eigenvalue weighted by molar-refractivity contribution is 6.31. The predicted octanol–water partition coefficient (Wildman–Crippen LogP) is 6.72. The minimum Gasteiger partial charge on any atom is -0.331 e. The number of rotatable bonds is 9. The molecule has 30 heavy (non-hydrogen) atoms. The van der Waals surface area contributed by atoms with Crippen LogP contribution in [0.1, 0.15) is 55.7 Å². The quantitative estimate of drug-likeness (QED) is 0.339. The van der Waals surface area contributed by atoms with E-state index in [1.54, 1.807) is 4.90 Å². The Balaban J connectivity index is 1.95. The van der Waals surface area contributed by atoms with Gasteiger partial charge in [-0.2, -0.15) is 0 Å². The first-order chi connectivity index (χ1) is 14.4. The number of imidazole rings is 1. The number of benzene rings is 2. The van der Waals surface area contributed by atoms with Gasteiger partial charge in [0.2, 0.25) is 0 Å². The van der Waals surface area contributed by atoms with Crippen molar-refractivity contribution in [1.29, 1.82) is 0 Å². The molecule has 0 aliphatic rings. The lowest BCUT2D eigenvalue weighted by Gasteiger charge is -2.23. The second kappa shape index (κ2) is 10.3. The minimum atomic E-state index is -0.535.